The Morgan fingerprint density at radius 3 is 2.38 bits per heavy atom. The van der Waals surface area contributed by atoms with Crippen LogP contribution < -0.4 is 10.1 Å². The predicted octanol–water partition coefficient (Wildman–Crippen LogP) is 5.00. The van der Waals surface area contributed by atoms with Gasteiger partial charge in [-0.3, -0.25) is 4.79 Å². The zero-order valence-electron chi connectivity index (χ0n) is 16.8. The van der Waals surface area contributed by atoms with Crippen LogP contribution in [0.15, 0.2) is 60.8 Å². The molecule has 7 nitrogen and oxygen atoms in total. The molecule has 0 spiro atoms. The lowest BCUT2D eigenvalue weighted by Gasteiger charge is -2.19. The molecule has 0 saturated heterocycles. The van der Waals surface area contributed by atoms with E-state index in [4.69, 9.17) is 9.47 Å². The first-order valence-electron chi connectivity index (χ1n) is 9.14. The van der Waals surface area contributed by atoms with Crippen LogP contribution in [0.5, 0.6) is 5.75 Å². The van der Waals surface area contributed by atoms with E-state index in [1.165, 1.54) is 11.6 Å². The van der Waals surface area contributed by atoms with Gasteiger partial charge in [-0.2, -0.15) is 9.78 Å². The Balaban J connectivity index is 1.80. The van der Waals surface area contributed by atoms with Crippen molar-refractivity contribution in [2.75, 3.05) is 5.32 Å². The van der Waals surface area contributed by atoms with E-state index in [-0.39, 0.29) is 5.97 Å². The number of nitrogens with zero attached hydrogens (tertiary/aromatic N) is 2. The van der Waals surface area contributed by atoms with Crippen LogP contribution in [0.2, 0.25) is 0 Å². The maximum absolute atomic E-state index is 12.4. The second-order valence-corrected chi connectivity index (χ2v) is 7.43. The van der Waals surface area contributed by atoms with Crippen molar-refractivity contribution in [2.24, 2.45) is 0 Å². The van der Waals surface area contributed by atoms with E-state index >= 15 is 0 Å². The van der Waals surface area contributed by atoms with Gasteiger partial charge in [0.25, 0.3) is 0 Å². The summed E-state index contributed by atoms with van der Waals surface area (Å²) in [6.45, 7) is 6.79. The number of hydrogen-bond donors (Lipinski definition) is 1. The van der Waals surface area contributed by atoms with Crippen LogP contribution in [0.4, 0.5) is 16.2 Å². The van der Waals surface area contributed by atoms with Crippen molar-refractivity contribution < 1.29 is 19.1 Å². The first-order valence-corrected chi connectivity index (χ1v) is 9.14. The Bertz CT molecular complexity index is 1020. The number of ether oxygens (including phenoxy) is 2. The fourth-order valence-electron chi connectivity index (χ4n) is 2.67. The molecule has 0 aliphatic carbocycles. The molecule has 0 bridgehead atoms. The van der Waals surface area contributed by atoms with Gasteiger partial charge in [0.2, 0.25) is 0 Å². The van der Waals surface area contributed by atoms with Gasteiger partial charge in [-0.1, -0.05) is 12.1 Å². The number of rotatable bonds is 4. The summed E-state index contributed by atoms with van der Waals surface area (Å²) in [6.07, 6.45) is 1.03. The van der Waals surface area contributed by atoms with Crippen molar-refractivity contribution >= 4 is 23.4 Å². The Morgan fingerprint density at radius 1 is 1.00 bits per heavy atom. The predicted molar refractivity (Wildman–Crippen MR) is 110 cm³/mol. The number of nitrogens with one attached hydrogen (secondary N) is 1. The molecular weight excluding hydrogens is 370 g/mol. The van der Waals surface area contributed by atoms with Gasteiger partial charge in [0.15, 0.2) is 0 Å². The molecular formula is C22H23N3O4. The molecule has 0 atom stereocenters. The smallest absolute Gasteiger partial charge is 0.435 e. The van der Waals surface area contributed by atoms with Gasteiger partial charge in [-0.25, -0.2) is 4.79 Å². The van der Waals surface area contributed by atoms with Gasteiger partial charge in [0.05, 0.1) is 11.9 Å². The van der Waals surface area contributed by atoms with Gasteiger partial charge < -0.3 is 14.8 Å². The SMILES string of the molecule is CC(=O)Oc1ccc(Nc2cccc(-c3ccnn3C(=O)OC(C)(C)C)c2)cc1. The van der Waals surface area contributed by atoms with Crippen molar-refractivity contribution in [2.45, 2.75) is 33.3 Å². The van der Waals surface area contributed by atoms with Gasteiger partial charge in [0, 0.05) is 23.9 Å². The van der Waals surface area contributed by atoms with Crippen LogP contribution in [-0.4, -0.2) is 27.4 Å². The quantitative estimate of drug-likeness (QED) is 0.496. The zero-order chi connectivity index (χ0) is 21.0. The van der Waals surface area contributed by atoms with Gasteiger partial charge in [-0.15, -0.1) is 0 Å². The largest absolute Gasteiger partial charge is 0.442 e. The monoisotopic (exact) mass is 393 g/mol. The second-order valence-electron chi connectivity index (χ2n) is 7.43. The highest BCUT2D eigenvalue weighted by Crippen LogP contribution is 2.26. The van der Waals surface area contributed by atoms with Crippen molar-refractivity contribution in [3.05, 3.63) is 60.8 Å². The van der Waals surface area contributed by atoms with Crippen molar-refractivity contribution in [1.29, 1.82) is 0 Å². The molecule has 0 amide bonds. The third-order valence-corrected chi connectivity index (χ3v) is 3.77. The molecule has 0 aliphatic heterocycles. The molecule has 0 unspecified atom stereocenters. The Morgan fingerprint density at radius 2 is 1.72 bits per heavy atom. The van der Waals surface area contributed by atoms with Crippen LogP contribution in [0.1, 0.15) is 27.7 Å². The summed E-state index contributed by atoms with van der Waals surface area (Å²) >= 11 is 0. The Hall–Kier alpha value is -3.61. The summed E-state index contributed by atoms with van der Waals surface area (Å²) in [4.78, 5) is 23.4. The molecule has 150 valence electrons. The molecule has 1 heterocycles. The molecule has 3 aromatic rings. The van der Waals surface area contributed by atoms with Gasteiger partial charge in [-0.05, 0) is 63.2 Å². The van der Waals surface area contributed by atoms with Gasteiger partial charge >= 0.3 is 12.1 Å². The van der Waals surface area contributed by atoms with Gasteiger partial charge in [0.1, 0.15) is 11.4 Å². The second kappa shape index (κ2) is 8.18. The van der Waals surface area contributed by atoms with E-state index in [2.05, 4.69) is 10.4 Å². The van der Waals surface area contributed by atoms with Crippen LogP contribution in [-0.2, 0) is 9.53 Å². The summed E-state index contributed by atoms with van der Waals surface area (Å²) in [5, 5.41) is 7.39. The third kappa shape index (κ3) is 5.44. The lowest BCUT2D eigenvalue weighted by atomic mass is 10.1. The van der Waals surface area contributed by atoms with Crippen LogP contribution >= 0.6 is 0 Å². The number of anilines is 2. The van der Waals surface area contributed by atoms with E-state index in [1.54, 1.807) is 24.4 Å². The van der Waals surface area contributed by atoms with Crippen molar-refractivity contribution in [3.63, 3.8) is 0 Å². The van der Waals surface area contributed by atoms with Crippen LogP contribution in [0.3, 0.4) is 0 Å². The number of aromatic nitrogens is 2. The van der Waals surface area contributed by atoms with Crippen molar-refractivity contribution in [3.8, 4) is 17.0 Å². The fourth-order valence-corrected chi connectivity index (χ4v) is 2.67. The van der Waals surface area contributed by atoms with E-state index in [0.717, 1.165) is 16.9 Å². The minimum atomic E-state index is -0.609. The first kappa shape index (κ1) is 20.1. The lowest BCUT2D eigenvalue weighted by Crippen LogP contribution is -2.28. The van der Waals surface area contributed by atoms with Crippen LogP contribution in [0, 0.1) is 0 Å². The zero-order valence-corrected chi connectivity index (χ0v) is 16.8. The normalized spacial score (nSPS) is 11.0. The van der Waals surface area contributed by atoms with E-state index < -0.39 is 11.7 Å². The fraction of sp³-hybridized carbons (Fsp3) is 0.227. The molecule has 29 heavy (non-hydrogen) atoms. The standard InChI is InChI=1S/C22H23N3O4/c1-15(26)28-19-10-8-17(9-11-19)24-18-7-5-6-16(14-18)20-12-13-23-25(20)21(27)29-22(2,3)4/h5-14,24H,1-4H3. The third-order valence-electron chi connectivity index (χ3n) is 3.77. The summed E-state index contributed by atoms with van der Waals surface area (Å²) in [5.74, 6) is 0.123. The molecule has 3 rings (SSSR count). The van der Waals surface area contributed by atoms with E-state index in [1.807, 2.05) is 57.2 Å². The molecule has 0 aliphatic rings. The number of carbonyl (C=O) groups excluding carboxylic acids is 2. The van der Waals surface area contributed by atoms with Crippen molar-refractivity contribution in [1.82, 2.24) is 9.78 Å². The number of esters is 1. The molecule has 0 saturated carbocycles. The number of carbonyl (C=O) groups is 2. The average Bonchev–Trinajstić information content (AvgIpc) is 3.12. The Labute approximate surface area is 169 Å². The summed E-state index contributed by atoms with van der Waals surface area (Å²) in [6, 6.07) is 16.4. The lowest BCUT2D eigenvalue weighted by molar-refractivity contribution is -0.131. The minimum Gasteiger partial charge on any atom is -0.442 e. The number of benzene rings is 2. The van der Waals surface area contributed by atoms with E-state index in [0.29, 0.717) is 11.4 Å². The van der Waals surface area contributed by atoms with E-state index in [9.17, 15) is 9.59 Å². The Kier molecular flexibility index (Phi) is 5.68. The topological polar surface area (TPSA) is 82.5 Å². The first-order chi connectivity index (χ1) is 13.7. The average molecular weight is 393 g/mol. The minimum absolute atomic E-state index is 0.361. The molecule has 0 fully saturated rings. The molecule has 1 aromatic heterocycles. The summed E-state index contributed by atoms with van der Waals surface area (Å²) < 4.78 is 11.7. The summed E-state index contributed by atoms with van der Waals surface area (Å²) in [5.41, 5.74) is 2.50. The highest BCUT2D eigenvalue weighted by atomic mass is 16.6. The summed E-state index contributed by atoms with van der Waals surface area (Å²) in [7, 11) is 0. The number of hydrogen-bond acceptors (Lipinski definition) is 6. The molecule has 2 aromatic carbocycles. The van der Waals surface area contributed by atoms with Crippen LogP contribution in [0.25, 0.3) is 11.3 Å². The maximum Gasteiger partial charge on any atom is 0.435 e. The highest BCUT2D eigenvalue weighted by molar-refractivity contribution is 5.79. The maximum atomic E-state index is 12.4. The molecule has 0 radical (unpaired) electrons. The highest BCUT2D eigenvalue weighted by Gasteiger charge is 2.21. The molecule has 7 heteroatoms. The molecule has 1 N–H and O–H groups in total.